The van der Waals surface area contributed by atoms with Gasteiger partial charge in [-0.25, -0.2) is 14.6 Å². The minimum Gasteiger partial charge on any atom is -0.497 e. The highest BCUT2D eigenvalue weighted by Crippen LogP contribution is 2.47. The number of hydrogen-bond donors (Lipinski definition) is 0. The highest BCUT2D eigenvalue weighted by atomic mass is 16.5. The highest BCUT2D eigenvalue weighted by Gasteiger charge is 2.36. The number of pyridine rings is 1. The number of rotatable bonds is 5. The summed E-state index contributed by atoms with van der Waals surface area (Å²) in [5.74, 6) is -0.765. The number of nitrogens with zero attached hydrogens (tertiary/aromatic N) is 2. The van der Waals surface area contributed by atoms with E-state index in [0.29, 0.717) is 29.3 Å². The molecule has 0 saturated carbocycles. The maximum absolute atomic E-state index is 12.8. The molecule has 8 nitrogen and oxygen atoms in total. The minimum absolute atomic E-state index is 0.136. The van der Waals surface area contributed by atoms with Gasteiger partial charge in [0.2, 0.25) is 0 Å². The van der Waals surface area contributed by atoms with Crippen molar-refractivity contribution in [2.75, 3.05) is 28.4 Å². The number of carbonyl (C=O) groups is 2. The first-order chi connectivity index (χ1) is 16.9. The van der Waals surface area contributed by atoms with Gasteiger partial charge in [0.1, 0.15) is 17.2 Å². The average Bonchev–Trinajstić information content (AvgIpc) is 3.12. The van der Waals surface area contributed by atoms with E-state index in [2.05, 4.69) is 11.1 Å². The summed E-state index contributed by atoms with van der Waals surface area (Å²) in [6.07, 6.45) is 0. The van der Waals surface area contributed by atoms with E-state index >= 15 is 0 Å². The molecule has 1 aliphatic rings. The summed E-state index contributed by atoms with van der Waals surface area (Å²) in [5.41, 5.74) is 4.15. The quantitative estimate of drug-likeness (QED) is 0.317. The van der Waals surface area contributed by atoms with Crippen molar-refractivity contribution in [3.05, 3.63) is 77.1 Å². The second-order valence-electron chi connectivity index (χ2n) is 8.24. The number of aromatic nitrogens is 2. The van der Waals surface area contributed by atoms with Crippen LogP contribution >= 0.6 is 0 Å². The molecule has 0 radical (unpaired) electrons. The molecule has 2 aromatic heterocycles. The van der Waals surface area contributed by atoms with E-state index in [-0.39, 0.29) is 11.3 Å². The fraction of sp³-hybridized carbons (Fsp3) is 0.222. The zero-order chi connectivity index (χ0) is 24.9. The summed E-state index contributed by atoms with van der Waals surface area (Å²) in [5, 5.41) is 1.78. The third kappa shape index (κ3) is 3.32. The van der Waals surface area contributed by atoms with Gasteiger partial charge in [-0.2, -0.15) is 0 Å². The van der Waals surface area contributed by atoms with Crippen LogP contribution in [0.25, 0.3) is 21.8 Å². The van der Waals surface area contributed by atoms with Gasteiger partial charge in [-0.1, -0.05) is 24.8 Å². The van der Waals surface area contributed by atoms with Gasteiger partial charge in [0.15, 0.2) is 0 Å². The van der Waals surface area contributed by atoms with Crippen molar-refractivity contribution in [2.24, 2.45) is 0 Å². The molecule has 178 valence electrons. The Morgan fingerprint density at radius 1 is 1.00 bits per heavy atom. The topological polar surface area (TPSA) is 88.9 Å². The van der Waals surface area contributed by atoms with Crippen molar-refractivity contribution < 1.29 is 28.5 Å². The smallest absolute Gasteiger partial charge is 0.356 e. The van der Waals surface area contributed by atoms with E-state index in [9.17, 15) is 9.59 Å². The number of para-hydroxylation sites is 1. The Hall–Kier alpha value is -4.33. The maximum Gasteiger partial charge on any atom is 0.356 e. The van der Waals surface area contributed by atoms with Crippen LogP contribution < -0.4 is 9.47 Å². The average molecular weight is 472 g/mol. The molecule has 3 heterocycles. The molecule has 1 unspecified atom stereocenters. The monoisotopic (exact) mass is 472 g/mol. The first kappa shape index (κ1) is 22.5. The van der Waals surface area contributed by atoms with Crippen molar-refractivity contribution in [2.45, 2.75) is 12.5 Å². The Kier molecular flexibility index (Phi) is 5.43. The lowest BCUT2D eigenvalue weighted by atomic mass is 9.84. The maximum atomic E-state index is 12.8. The van der Waals surface area contributed by atoms with E-state index in [1.54, 1.807) is 26.4 Å². The molecule has 1 atom stereocenters. The fourth-order valence-electron chi connectivity index (χ4n) is 4.98. The number of methoxy groups -OCH3 is 4. The van der Waals surface area contributed by atoms with Crippen LogP contribution in [0.4, 0.5) is 0 Å². The van der Waals surface area contributed by atoms with Crippen molar-refractivity contribution in [3.8, 4) is 11.5 Å². The summed E-state index contributed by atoms with van der Waals surface area (Å²) in [7, 11) is 5.76. The predicted octanol–water partition coefficient (Wildman–Crippen LogP) is 4.22. The largest absolute Gasteiger partial charge is 0.497 e. The molecule has 0 saturated heterocycles. The van der Waals surface area contributed by atoms with Gasteiger partial charge in [0.25, 0.3) is 0 Å². The van der Waals surface area contributed by atoms with Crippen LogP contribution in [-0.2, 0) is 20.8 Å². The van der Waals surface area contributed by atoms with Crippen LogP contribution in [0.15, 0.2) is 54.6 Å². The molecule has 5 rings (SSSR count). The van der Waals surface area contributed by atoms with Crippen LogP contribution in [-0.4, -0.2) is 49.9 Å². The first-order valence-electron chi connectivity index (χ1n) is 11.0. The van der Waals surface area contributed by atoms with Gasteiger partial charge in [-0.15, -0.1) is 0 Å². The molecule has 0 amide bonds. The highest BCUT2D eigenvalue weighted by molar-refractivity contribution is 6.11. The lowest BCUT2D eigenvalue weighted by molar-refractivity contribution is -0.136. The fourth-order valence-corrected chi connectivity index (χ4v) is 4.98. The molecule has 8 heteroatoms. The summed E-state index contributed by atoms with van der Waals surface area (Å²) in [6, 6.07) is 13.3. The van der Waals surface area contributed by atoms with Gasteiger partial charge >= 0.3 is 11.9 Å². The number of hydrogen-bond acceptors (Lipinski definition) is 7. The van der Waals surface area contributed by atoms with Crippen LogP contribution in [0.2, 0.25) is 0 Å². The van der Waals surface area contributed by atoms with E-state index in [0.717, 1.165) is 27.4 Å². The van der Waals surface area contributed by atoms with E-state index in [1.807, 2.05) is 30.3 Å². The van der Waals surface area contributed by atoms with Gasteiger partial charge in [-0.3, -0.25) is 0 Å². The Bertz CT molecular complexity index is 1530. The molecule has 0 bridgehead atoms. The van der Waals surface area contributed by atoms with Crippen LogP contribution in [0, 0.1) is 0 Å². The first-order valence-corrected chi connectivity index (χ1v) is 11.0. The lowest BCUT2D eigenvalue weighted by Crippen LogP contribution is -2.18. The number of carbonyl (C=O) groups excluding carboxylic acids is 2. The number of benzene rings is 2. The third-order valence-electron chi connectivity index (χ3n) is 6.51. The van der Waals surface area contributed by atoms with Crippen LogP contribution in [0.1, 0.15) is 33.2 Å². The molecule has 0 fully saturated rings. The molecule has 0 aliphatic carbocycles. The van der Waals surface area contributed by atoms with E-state index < -0.39 is 17.9 Å². The molecule has 4 aromatic rings. The Balaban J connectivity index is 1.98. The Morgan fingerprint density at radius 3 is 2.46 bits per heavy atom. The summed E-state index contributed by atoms with van der Waals surface area (Å²) in [6.45, 7) is 4.55. The molecular weight excluding hydrogens is 448 g/mol. The van der Waals surface area contributed by atoms with E-state index in [4.69, 9.17) is 23.9 Å². The third-order valence-corrected chi connectivity index (χ3v) is 6.51. The number of esters is 2. The van der Waals surface area contributed by atoms with Gasteiger partial charge < -0.3 is 23.5 Å². The zero-order valence-electron chi connectivity index (χ0n) is 19.9. The number of ether oxygens (including phenoxy) is 4. The van der Waals surface area contributed by atoms with Crippen molar-refractivity contribution >= 4 is 33.7 Å². The SMILES string of the molecule is C=C(C(=O)OC)C1c2c(cc(OC)cc2OC)Cn2c3ccccc3c3cc(C(=O)OC)nc1c32. The second kappa shape index (κ2) is 8.47. The second-order valence-corrected chi connectivity index (χ2v) is 8.24. The Labute approximate surface area is 201 Å². The summed E-state index contributed by atoms with van der Waals surface area (Å²) < 4.78 is 23.5. The molecule has 35 heavy (non-hydrogen) atoms. The molecule has 1 aliphatic heterocycles. The summed E-state index contributed by atoms with van der Waals surface area (Å²) in [4.78, 5) is 30.2. The number of fused-ring (bicyclic) bond motifs is 4. The van der Waals surface area contributed by atoms with Crippen molar-refractivity contribution in [1.29, 1.82) is 0 Å². The van der Waals surface area contributed by atoms with Crippen molar-refractivity contribution in [3.63, 3.8) is 0 Å². The molecule has 0 N–H and O–H groups in total. The van der Waals surface area contributed by atoms with Crippen LogP contribution in [0.3, 0.4) is 0 Å². The van der Waals surface area contributed by atoms with Crippen molar-refractivity contribution in [1.82, 2.24) is 9.55 Å². The van der Waals surface area contributed by atoms with E-state index in [1.165, 1.54) is 14.2 Å². The zero-order valence-corrected chi connectivity index (χ0v) is 19.9. The molecule has 0 spiro atoms. The van der Waals surface area contributed by atoms with Gasteiger partial charge in [0.05, 0.1) is 45.6 Å². The van der Waals surface area contributed by atoms with Gasteiger partial charge in [-0.05, 0) is 23.8 Å². The predicted molar refractivity (Wildman–Crippen MR) is 130 cm³/mol. The summed E-state index contributed by atoms with van der Waals surface area (Å²) >= 11 is 0. The standard InChI is InChI=1S/C27H24N2O6/c1-14(26(30)34-4)22-23-15(10-16(32-2)11-21(23)33-3)13-29-20-9-7-6-8-17(20)18-12-19(27(31)35-5)28-24(22)25(18)29/h6-12,22H,1,13H2,2-5H3. The molecule has 2 aromatic carbocycles. The normalized spacial score (nSPS) is 14.2. The molecular formula is C27H24N2O6. The van der Waals surface area contributed by atoms with Crippen LogP contribution in [0.5, 0.6) is 11.5 Å². The Morgan fingerprint density at radius 2 is 1.77 bits per heavy atom. The minimum atomic E-state index is -0.740. The lowest BCUT2D eigenvalue weighted by Gasteiger charge is -2.23. The van der Waals surface area contributed by atoms with Gasteiger partial charge in [0, 0.05) is 40.0 Å².